The highest BCUT2D eigenvalue weighted by Crippen LogP contribution is 2.28. The third-order valence-corrected chi connectivity index (χ3v) is 10.2. The number of nitrogens with zero attached hydrogens (tertiary/aromatic N) is 1. The number of amides is 2. The van der Waals surface area contributed by atoms with Crippen LogP contribution in [0.15, 0.2) is 102 Å². The van der Waals surface area contributed by atoms with Gasteiger partial charge in [0.05, 0.1) is 25.5 Å². The Bertz CT molecular complexity index is 2180. The van der Waals surface area contributed by atoms with Crippen LogP contribution in [0.5, 0.6) is 5.75 Å². The number of aromatic nitrogens is 1. The SMILES string of the molecule is COc1ccc(Cn2cc(I)c(C)c(NC(=O)C(Cc3ccc(C(C)(C)C(=O)OC(C)(C)C)cc3)NC(=O)Cc3ccc4ccccc4c3)c2=O)cc1. The fraction of sp³-hybridized carbons (Fsp3) is 0.302. The van der Waals surface area contributed by atoms with Gasteiger partial charge in [0.25, 0.3) is 5.56 Å². The first-order chi connectivity index (χ1) is 25.0. The maximum absolute atomic E-state index is 14.1. The second kappa shape index (κ2) is 16.4. The van der Waals surface area contributed by atoms with E-state index >= 15 is 0 Å². The number of esters is 1. The highest BCUT2D eigenvalue weighted by molar-refractivity contribution is 14.1. The molecule has 5 aromatic rings. The Kier molecular flexibility index (Phi) is 12.1. The van der Waals surface area contributed by atoms with Crippen LogP contribution in [0.25, 0.3) is 10.8 Å². The van der Waals surface area contributed by atoms with Crippen LogP contribution in [0.4, 0.5) is 5.69 Å². The van der Waals surface area contributed by atoms with Gasteiger partial charge in [-0.1, -0.05) is 78.9 Å². The molecule has 53 heavy (non-hydrogen) atoms. The average molecular weight is 828 g/mol. The van der Waals surface area contributed by atoms with Crippen LogP contribution >= 0.6 is 22.6 Å². The van der Waals surface area contributed by atoms with Crippen molar-refractivity contribution >= 4 is 56.8 Å². The molecule has 1 aromatic heterocycles. The van der Waals surface area contributed by atoms with Crippen molar-refractivity contribution in [2.45, 2.75) is 78.0 Å². The molecule has 0 saturated heterocycles. The first-order valence-corrected chi connectivity index (χ1v) is 18.5. The van der Waals surface area contributed by atoms with Gasteiger partial charge in [-0.15, -0.1) is 0 Å². The van der Waals surface area contributed by atoms with E-state index < -0.39 is 23.0 Å². The van der Waals surface area contributed by atoms with E-state index in [1.54, 1.807) is 24.8 Å². The van der Waals surface area contributed by atoms with Crippen molar-refractivity contribution < 1.29 is 23.9 Å². The van der Waals surface area contributed by atoms with Gasteiger partial charge in [-0.05, 0) is 115 Å². The Morgan fingerprint density at radius 3 is 2.09 bits per heavy atom. The number of carbonyl (C=O) groups is 3. The van der Waals surface area contributed by atoms with Gasteiger partial charge in [-0.2, -0.15) is 0 Å². The lowest BCUT2D eigenvalue weighted by molar-refractivity contribution is -0.160. The summed E-state index contributed by atoms with van der Waals surface area (Å²) < 4.78 is 13.3. The average Bonchev–Trinajstić information content (AvgIpc) is 3.11. The Hall–Kier alpha value is -4.97. The zero-order valence-electron chi connectivity index (χ0n) is 31.2. The van der Waals surface area contributed by atoms with Gasteiger partial charge >= 0.3 is 5.97 Å². The summed E-state index contributed by atoms with van der Waals surface area (Å²) in [5.74, 6) is -0.489. The summed E-state index contributed by atoms with van der Waals surface area (Å²) in [6.45, 7) is 11.2. The summed E-state index contributed by atoms with van der Waals surface area (Å²) in [5.41, 5.74) is 2.09. The standard InChI is InChI=1S/C43H46IN3O6/c1-27-35(44)26-47(25-29-15-20-34(52-7)21-16-29)40(50)38(27)46-39(49)36(45-37(48)24-30-12-17-31-10-8-9-11-32(31)22-30)23-28-13-18-33(19-14-28)43(5,6)41(51)53-42(2,3)4/h8-22,26,36H,23-25H2,1-7H3,(H,45,48)(H,46,49). The van der Waals surface area contributed by atoms with Crippen molar-refractivity contribution in [3.05, 3.63) is 139 Å². The second-order valence-electron chi connectivity index (χ2n) is 14.8. The number of rotatable bonds is 12. The molecule has 0 fully saturated rings. The van der Waals surface area contributed by atoms with Crippen molar-refractivity contribution in [2.75, 3.05) is 12.4 Å². The first kappa shape index (κ1) is 39.2. The zero-order valence-corrected chi connectivity index (χ0v) is 33.4. The Balaban J connectivity index is 1.41. The lowest BCUT2D eigenvalue weighted by atomic mass is 9.84. The quantitative estimate of drug-likeness (QED) is 0.0995. The maximum Gasteiger partial charge on any atom is 0.316 e. The molecule has 276 valence electrons. The van der Waals surface area contributed by atoms with Crippen LogP contribution < -0.4 is 20.9 Å². The molecule has 5 rings (SSSR count). The number of hydrogen-bond acceptors (Lipinski definition) is 6. The normalized spacial score (nSPS) is 12.2. The molecule has 0 bridgehead atoms. The lowest BCUT2D eigenvalue weighted by Gasteiger charge is -2.29. The summed E-state index contributed by atoms with van der Waals surface area (Å²) >= 11 is 2.15. The Morgan fingerprint density at radius 1 is 0.830 bits per heavy atom. The molecular weight excluding hydrogens is 781 g/mol. The van der Waals surface area contributed by atoms with Crippen LogP contribution in [0.1, 0.15) is 62.4 Å². The molecule has 2 amide bonds. The van der Waals surface area contributed by atoms with Crippen LogP contribution in [0.3, 0.4) is 0 Å². The molecule has 2 N–H and O–H groups in total. The lowest BCUT2D eigenvalue weighted by Crippen LogP contribution is -2.46. The van der Waals surface area contributed by atoms with Crippen molar-refractivity contribution in [3.63, 3.8) is 0 Å². The van der Waals surface area contributed by atoms with E-state index in [9.17, 15) is 19.2 Å². The summed E-state index contributed by atoms with van der Waals surface area (Å²) in [6.07, 6.45) is 1.97. The van der Waals surface area contributed by atoms with Crippen molar-refractivity contribution in [1.29, 1.82) is 0 Å². The smallest absolute Gasteiger partial charge is 0.316 e. The van der Waals surface area contributed by atoms with Gasteiger partial charge in [-0.25, -0.2) is 0 Å². The highest BCUT2D eigenvalue weighted by atomic mass is 127. The summed E-state index contributed by atoms with van der Waals surface area (Å²) in [6, 6.07) is 27.5. The molecule has 0 aliphatic rings. The van der Waals surface area contributed by atoms with Crippen LogP contribution in [-0.2, 0) is 43.9 Å². The van der Waals surface area contributed by atoms with E-state index in [2.05, 4.69) is 33.2 Å². The van der Waals surface area contributed by atoms with E-state index in [1.807, 2.05) is 126 Å². The van der Waals surface area contributed by atoms with E-state index in [-0.39, 0.29) is 36.0 Å². The van der Waals surface area contributed by atoms with E-state index in [1.165, 1.54) is 0 Å². The van der Waals surface area contributed by atoms with Crippen molar-refractivity contribution in [1.82, 2.24) is 9.88 Å². The number of nitrogens with one attached hydrogen (secondary N) is 2. The number of carbonyl (C=O) groups excluding carboxylic acids is 3. The Labute approximate surface area is 324 Å². The molecule has 10 heteroatoms. The number of hydrogen-bond donors (Lipinski definition) is 2. The minimum atomic E-state index is -1.01. The van der Waals surface area contributed by atoms with E-state index in [0.717, 1.165) is 36.6 Å². The van der Waals surface area contributed by atoms with Gasteiger partial charge in [0.1, 0.15) is 23.1 Å². The maximum atomic E-state index is 14.1. The molecule has 9 nitrogen and oxygen atoms in total. The third-order valence-electron chi connectivity index (χ3n) is 9.09. The fourth-order valence-electron chi connectivity index (χ4n) is 5.92. The third kappa shape index (κ3) is 9.92. The minimum absolute atomic E-state index is 0.0640. The number of methoxy groups -OCH3 is 1. The topological polar surface area (TPSA) is 116 Å². The van der Waals surface area contributed by atoms with E-state index in [4.69, 9.17) is 9.47 Å². The van der Waals surface area contributed by atoms with Gasteiger partial charge < -0.3 is 24.7 Å². The summed E-state index contributed by atoms with van der Waals surface area (Å²) in [5, 5.41) is 7.90. The van der Waals surface area contributed by atoms with Gasteiger partial charge in [0.2, 0.25) is 11.8 Å². The summed E-state index contributed by atoms with van der Waals surface area (Å²) in [4.78, 5) is 54.5. The van der Waals surface area contributed by atoms with Crippen LogP contribution in [-0.4, -0.2) is 41.1 Å². The highest BCUT2D eigenvalue weighted by Gasteiger charge is 2.34. The molecular formula is C43H46IN3O6. The fourth-order valence-corrected chi connectivity index (χ4v) is 6.53. The number of ether oxygens (including phenoxy) is 2. The van der Waals surface area contributed by atoms with Gasteiger partial charge in [0.15, 0.2) is 0 Å². The monoisotopic (exact) mass is 827 g/mol. The van der Waals surface area contributed by atoms with Crippen LogP contribution in [0.2, 0.25) is 0 Å². The number of pyridine rings is 1. The predicted molar refractivity (Wildman–Crippen MR) is 217 cm³/mol. The molecule has 0 saturated carbocycles. The zero-order chi connectivity index (χ0) is 38.5. The molecule has 4 aromatic carbocycles. The molecule has 0 aliphatic carbocycles. The number of fused-ring (bicyclic) bond motifs is 1. The van der Waals surface area contributed by atoms with Crippen molar-refractivity contribution in [3.8, 4) is 5.75 Å². The minimum Gasteiger partial charge on any atom is -0.497 e. The van der Waals surface area contributed by atoms with E-state index in [0.29, 0.717) is 17.9 Å². The number of benzene rings is 4. The molecule has 1 unspecified atom stereocenters. The predicted octanol–water partition coefficient (Wildman–Crippen LogP) is 7.50. The summed E-state index contributed by atoms with van der Waals surface area (Å²) in [7, 11) is 1.60. The molecule has 0 spiro atoms. The molecule has 0 radical (unpaired) electrons. The van der Waals surface area contributed by atoms with Crippen LogP contribution in [0, 0.1) is 10.5 Å². The second-order valence-corrected chi connectivity index (χ2v) is 15.9. The van der Waals surface area contributed by atoms with Gasteiger partial charge in [0, 0.05) is 16.2 Å². The van der Waals surface area contributed by atoms with Gasteiger partial charge in [-0.3, -0.25) is 19.2 Å². The molecule has 0 aliphatic heterocycles. The molecule has 1 heterocycles. The van der Waals surface area contributed by atoms with Crippen molar-refractivity contribution in [2.24, 2.45) is 0 Å². The Morgan fingerprint density at radius 2 is 1.45 bits per heavy atom. The first-order valence-electron chi connectivity index (χ1n) is 17.5. The number of halogens is 1. The molecule has 1 atom stereocenters. The number of anilines is 1. The largest absolute Gasteiger partial charge is 0.497 e.